The highest BCUT2D eigenvalue weighted by atomic mass is 32.1. The second kappa shape index (κ2) is 13.8. The SMILES string of the molecule is CC1(C)c2ccc(-c3ccc(N(c4ccc(-c5ccc6c(c5)sc5ccccc56)cc4)c4cccc5c4-c4ccccc4C5(C)C)cc3)cc2-c2ccc(-c3ccccc3)cc21. The minimum absolute atomic E-state index is 0.0810. The van der Waals surface area contributed by atoms with E-state index in [0.717, 1.165) is 11.4 Å². The summed E-state index contributed by atoms with van der Waals surface area (Å²) in [5.74, 6) is 0. The molecule has 0 unspecified atom stereocenters. The van der Waals surface area contributed by atoms with Crippen LogP contribution in [-0.4, -0.2) is 0 Å². The number of nitrogens with zero attached hydrogens (tertiary/aromatic N) is 1. The lowest BCUT2D eigenvalue weighted by Gasteiger charge is -2.29. The zero-order valence-electron chi connectivity index (χ0n) is 35.4. The highest BCUT2D eigenvalue weighted by molar-refractivity contribution is 7.25. The van der Waals surface area contributed by atoms with Gasteiger partial charge in [0.1, 0.15) is 0 Å². The summed E-state index contributed by atoms with van der Waals surface area (Å²) in [6.07, 6.45) is 0. The number of anilines is 3. The third-order valence-electron chi connectivity index (χ3n) is 13.9. The van der Waals surface area contributed by atoms with E-state index in [1.165, 1.54) is 104 Å². The van der Waals surface area contributed by atoms with Crippen LogP contribution in [0.1, 0.15) is 49.9 Å². The summed E-state index contributed by atoms with van der Waals surface area (Å²) in [5, 5.41) is 2.66. The van der Waals surface area contributed by atoms with Crippen LogP contribution in [0.5, 0.6) is 0 Å². The zero-order chi connectivity index (χ0) is 41.7. The van der Waals surface area contributed by atoms with E-state index < -0.39 is 0 Å². The molecule has 0 amide bonds. The quantitative estimate of drug-likeness (QED) is 0.162. The van der Waals surface area contributed by atoms with Gasteiger partial charge in [0.15, 0.2) is 0 Å². The van der Waals surface area contributed by atoms with Crippen molar-refractivity contribution < 1.29 is 0 Å². The number of benzene rings is 9. The highest BCUT2D eigenvalue weighted by Gasteiger charge is 2.38. The van der Waals surface area contributed by atoms with Gasteiger partial charge < -0.3 is 4.90 Å². The van der Waals surface area contributed by atoms with Crippen molar-refractivity contribution in [2.24, 2.45) is 0 Å². The maximum Gasteiger partial charge on any atom is 0.0543 e. The van der Waals surface area contributed by atoms with E-state index in [0.29, 0.717) is 0 Å². The molecule has 0 saturated carbocycles. The van der Waals surface area contributed by atoms with E-state index in [-0.39, 0.29) is 10.8 Å². The summed E-state index contributed by atoms with van der Waals surface area (Å²) in [5.41, 5.74) is 21.5. The topological polar surface area (TPSA) is 3.24 Å². The average molecular weight is 812 g/mol. The fourth-order valence-electron chi connectivity index (χ4n) is 10.6. The predicted molar refractivity (Wildman–Crippen MR) is 265 cm³/mol. The Bertz CT molecular complexity index is 3390. The summed E-state index contributed by atoms with van der Waals surface area (Å²) >= 11 is 1.87. The van der Waals surface area contributed by atoms with Crippen molar-refractivity contribution in [3.05, 3.63) is 222 Å². The van der Waals surface area contributed by atoms with E-state index in [2.05, 4.69) is 233 Å². The first-order valence-corrected chi connectivity index (χ1v) is 22.6. The third-order valence-corrected chi connectivity index (χ3v) is 15.0. The van der Waals surface area contributed by atoms with Crippen molar-refractivity contribution in [2.75, 3.05) is 4.90 Å². The van der Waals surface area contributed by atoms with Gasteiger partial charge in [0.05, 0.1) is 5.69 Å². The summed E-state index contributed by atoms with van der Waals surface area (Å²) in [6, 6.07) is 74.7. The van der Waals surface area contributed by atoms with Crippen LogP contribution in [0.3, 0.4) is 0 Å². The number of rotatable bonds is 6. The van der Waals surface area contributed by atoms with Crippen molar-refractivity contribution in [1.82, 2.24) is 0 Å². The fraction of sp³-hybridized carbons (Fsp3) is 0.100. The molecule has 0 spiro atoms. The molecule has 0 N–H and O–H groups in total. The maximum atomic E-state index is 2.46. The molecule has 0 radical (unpaired) electrons. The van der Waals surface area contributed by atoms with Crippen LogP contribution >= 0.6 is 11.3 Å². The molecule has 1 heterocycles. The highest BCUT2D eigenvalue weighted by Crippen LogP contribution is 2.55. The number of hydrogen-bond acceptors (Lipinski definition) is 2. The first kappa shape index (κ1) is 36.8. The number of fused-ring (bicyclic) bond motifs is 9. The summed E-state index contributed by atoms with van der Waals surface area (Å²) < 4.78 is 2.66. The van der Waals surface area contributed by atoms with Crippen molar-refractivity contribution in [2.45, 2.75) is 38.5 Å². The summed E-state index contributed by atoms with van der Waals surface area (Å²) in [7, 11) is 0. The average Bonchev–Trinajstić information content (AvgIpc) is 3.89. The minimum atomic E-state index is -0.101. The molecule has 0 fully saturated rings. The fourth-order valence-corrected chi connectivity index (χ4v) is 11.7. The van der Waals surface area contributed by atoms with E-state index in [1.54, 1.807) is 0 Å². The molecule has 12 rings (SSSR count). The molecule has 62 heavy (non-hydrogen) atoms. The van der Waals surface area contributed by atoms with Gasteiger partial charge in [-0.3, -0.25) is 0 Å². The van der Waals surface area contributed by atoms with Crippen molar-refractivity contribution in [3.63, 3.8) is 0 Å². The lowest BCUT2D eigenvalue weighted by Crippen LogP contribution is -2.16. The monoisotopic (exact) mass is 811 g/mol. The normalized spacial score (nSPS) is 14.1. The molecule has 2 aliphatic rings. The predicted octanol–water partition coefficient (Wildman–Crippen LogP) is 17.1. The van der Waals surface area contributed by atoms with Crippen LogP contribution in [0, 0.1) is 0 Å². The van der Waals surface area contributed by atoms with Crippen LogP contribution in [0.2, 0.25) is 0 Å². The Balaban J connectivity index is 0.944. The van der Waals surface area contributed by atoms with Crippen molar-refractivity contribution in [3.8, 4) is 55.6 Å². The van der Waals surface area contributed by atoms with Gasteiger partial charge in [0.25, 0.3) is 0 Å². The Morgan fingerprint density at radius 1 is 0.339 bits per heavy atom. The van der Waals surface area contributed by atoms with Crippen LogP contribution in [0.25, 0.3) is 75.8 Å². The van der Waals surface area contributed by atoms with Crippen molar-refractivity contribution >= 4 is 48.6 Å². The van der Waals surface area contributed by atoms with E-state index >= 15 is 0 Å². The van der Waals surface area contributed by atoms with Crippen molar-refractivity contribution in [1.29, 1.82) is 0 Å². The van der Waals surface area contributed by atoms with Gasteiger partial charge in [0.2, 0.25) is 0 Å². The molecule has 0 saturated heterocycles. The van der Waals surface area contributed by atoms with Gasteiger partial charge in [-0.1, -0.05) is 173 Å². The van der Waals surface area contributed by atoms with Gasteiger partial charge in [-0.05, 0) is 127 Å². The second-order valence-electron chi connectivity index (χ2n) is 18.1. The molecule has 9 aromatic carbocycles. The molecular weight excluding hydrogens is 767 g/mol. The molecule has 2 aliphatic carbocycles. The third kappa shape index (κ3) is 5.60. The molecule has 2 heteroatoms. The Morgan fingerprint density at radius 3 is 1.66 bits per heavy atom. The Labute approximate surface area is 368 Å². The summed E-state index contributed by atoms with van der Waals surface area (Å²) in [6.45, 7) is 9.46. The van der Waals surface area contributed by atoms with Gasteiger partial charge in [-0.15, -0.1) is 11.3 Å². The molecule has 0 aliphatic heterocycles. The lowest BCUT2D eigenvalue weighted by molar-refractivity contribution is 0.660. The van der Waals surface area contributed by atoms with Crippen LogP contribution in [0.15, 0.2) is 200 Å². The van der Waals surface area contributed by atoms with Gasteiger partial charge in [-0.2, -0.15) is 0 Å². The molecular formula is C60H45NS. The molecule has 10 aromatic rings. The molecule has 296 valence electrons. The van der Waals surface area contributed by atoms with Gasteiger partial charge in [0, 0.05) is 47.9 Å². The molecule has 1 nitrogen and oxygen atoms in total. The van der Waals surface area contributed by atoms with Crippen LogP contribution in [-0.2, 0) is 10.8 Å². The smallest absolute Gasteiger partial charge is 0.0543 e. The Kier molecular flexibility index (Phi) is 8.17. The number of thiophene rings is 1. The maximum absolute atomic E-state index is 2.46. The Morgan fingerprint density at radius 2 is 0.887 bits per heavy atom. The van der Waals surface area contributed by atoms with Gasteiger partial charge in [-0.25, -0.2) is 0 Å². The number of hydrogen-bond donors (Lipinski definition) is 0. The van der Waals surface area contributed by atoms with Crippen LogP contribution in [0.4, 0.5) is 17.1 Å². The summed E-state index contributed by atoms with van der Waals surface area (Å²) in [4.78, 5) is 2.46. The Hall–Kier alpha value is -7.00. The van der Waals surface area contributed by atoms with E-state index in [1.807, 2.05) is 11.3 Å². The lowest BCUT2D eigenvalue weighted by atomic mass is 9.81. The van der Waals surface area contributed by atoms with E-state index in [9.17, 15) is 0 Å². The zero-order valence-corrected chi connectivity index (χ0v) is 36.2. The molecule has 1 aromatic heterocycles. The largest absolute Gasteiger partial charge is 0.310 e. The van der Waals surface area contributed by atoms with E-state index in [4.69, 9.17) is 0 Å². The van der Waals surface area contributed by atoms with Crippen LogP contribution < -0.4 is 4.90 Å². The molecule has 0 atom stereocenters. The minimum Gasteiger partial charge on any atom is -0.310 e. The molecule has 0 bridgehead atoms. The van der Waals surface area contributed by atoms with Gasteiger partial charge >= 0.3 is 0 Å². The first-order valence-electron chi connectivity index (χ1n) is 21.7. The first-order chi connectivity index (χ1) is 30.2. The standard InChI is InChI=1S/C60H45NS/c1-59(2)51-17-10-8-16-49(51)58-53(59)18-12-19-55(58)61(45-30-23-40(24-31-45)43-26-33-48-47-15-9-11-20-56(47)62-57(48)37-43)44-28-21-39(22-29-44)41-27-34-52-50(35-41)46-32-25-42(36-54(46)60(52,3)4)38-13-6-5-7-14-38/h5-37H,1-4H3. The second-order valence-corrected chi connectivity index (χ2v) is 19.2.